The third-order valence-corrected chi connectivity index (χ3v) is 5.39. The van der Waals surface area contributed by atoms with Crippen LogP contribution in [0.1, 0.15) is 12.8 Å². The number of amides is 1. The van der Waals surface area contributed by atoms with Crippen molar-refractivity contribution in [3.05, 3.63) is 41.7 Å². The lowest BCUT2D eigenvalue weighted by Gasteiger charge is -2.32. The van der Waals surface area contributed by atoms with Gasteiger partial charge in [-0.3, -0.25) is 4.79 Å². The SMILES string of the molecule is COCCOc1c(Cl)cccc1NC(=O)C1CCN(c2ccc3nncn3n2)CC1. The maximum Gasteiger partial charge on any atom is 0.227 e. The summed E-state index contributed by atoms with van der Waals surface area (Å²) in [4.78, 5) is 15.0. The van der Waals surface area contributed by atoms with E-state index in [2.05, 4.69) is 25.5 Å². The van der Waals surface area contributed by atoms with Gasteiger partial charge in [0.2, 0.25) is 5.91 Å². The van der Waals surface area contributed by atoms with E-state index in [9.17, 15) is 4.79 Å². The molecule has 0 unspecified atom stereocenters. The molecule has 3 aromatic rings. The lowest BCUT2D eigenvalue weighted by Crippen LogP contribution is -2.38. The number of carbonyl (C=O) groups excluding carboxylic acids is 1. The summed E-state index contributed by atoms with van der Waals surface area (Å²) >= 11 is 6.26. The van der Waals surface area contributed by atoms with Crippen molar-refractivity contribution in [3.63, 3.8) is 0 Å². The largest absolute Gasteiger partial charge is 0.487 e. The number of aromatic nitrogens is 4. The molecule has 0 atom stereocenters. The van der Waals surface area contributed by atoms with Crippen LogP contribution in [0.3, 0.4) is 0 Å². The number of methoxy groups -OCH3 is 1. The van der Waals surface area contributed by atoms with Gasteiger partial charge >= 0.3 is 0 Å². The van der Waals surface area contributed by atoms with Crippen molar-refractivity contribution in [3.8, 4) is 5.75 Å². The van der Waals surface area contributed by atoms with Crippen LogP contribution in [0.25, 0.3) is 5.65 Å². The van der Waals surface area contributed by atoms with E-state index in [-0.39, 0.29) is 11.8 Å². The number of halogens is 1. The molecular formula is C20H23ClN6O3. The molecule has 30 heavy (non-hydrogen) atoms. The van der Waals surface area contributed by atoms with Gasteiger partial charge in [0.05, 0.1) is 17.3 Å². The summed E-state index contributed by atoms with van der Waals surface area (Å²) in [5.41, 5.74) is 1.28. The molecule has 1 fully saturated rings. The number of hydrogen-bond donors (Lipinski definition) is 1. The van der Waals surface area contributed by atoms with Crippen LogP contribution in [0.5, 0.6) is 5.75 Å². The third kappa shape index (κ3) is 4.47. The zero-order valence-electron chi connectivity index (χ0n) is 16.6. The quantitative estimate of drug-likeness (QED) is 0.576. The summed E-state index contributed by atoms with van der Waals surface area (Å²) in [6, 6.07) is 9.13. The standard InChI is InChI=1S/C20H23ClN6O3/c1-29-11-12-30-19-15(21)3-2-4-16(19)23-20(28)14-7-9-26(10-8-14)18-6-5-17-24-22-13-27(17)25-18/h2-6,13-14H,7-12H2,1H3,(H,23,28). The topological polar surface area (TPSA) is 93.9 Å². The van der Waals surface area contributed by atoms with Crippen molar-refractivity contribution in [2.45, 2.75) is 12.8 Å². The van der Waals surface area contributed by atoms with Gasteiger partial charge in [-0.05, 0) is 37.1 Å². The molecule has 1 saturated heterocycles. The fraction of sp³-hybridized carbons (Fsp3) is 0.400. The second-order valence-corrected chi connectivity index (χ2v) is 7.44. The van der Waals surface area contributed by atoms with Gasteiger partial charge in [0.1, 0.15) is 18.8 Å². The van der Waals surface area contributed by atoms with E-state index >= 15 is 0 Å². The van der Waals surface area contributed by atoms with Gasteiger partial charge < -0.3 is 19.7 Å². The molecule has 1 amide bonds. The zero-order chi connectivity index (χ0) is 20.9. The highest BCUT2D eigenvalue weighted by Crippen LogP contribution is 2.34. The minimum Gasteiger partial charge on any atom is -0.487 e. The Bertz CT molecular complexity index is 1020. The molecule has 0 saturated carbocycles. The average molecular weight is 431 g/mol. The normalized spacial score (nSPS) is 14.8. The first kappa shape index (κ1) is 20.4. The minimum atomic E-state index is -0.0919. The van der Waals surface area contributed by atoms with Gasteiger partial charge in [-0.2, -0.15) is 4.52 Å². The van der Waals surface area contributed by atoms with Crippen LogP contribution in [-0.4, -0.2) is 59.1 Å². The number of nitrogens with zero attached hydrogens (tertiary/aromatic N) is 5. The van der Waals surface area contributed by atoms with Gasteiger partial charge in [0.15, 0.2) is 11.4 Å². The molecule has 1 aliphatic heterocycles. The summed E-state index contributed by atoms with van der Waals surface area (Å²) in [6.07, 6.45) is 3.04. The maximum atomic E-state index is 12.9. The number of hydrogen-bond acceptors (Lipinski definition) is 7. The van der Waals surface area contributed by atoms with Crippen molar-refractivity contribution in [2.75, 3.05) is 43.6 Å². The van der Waals surface area contributed by atoms with Crippen LogP contribution in [0.15, 0.2) is 36.7 Å². The van der Waals surface area contributed by atoms with Crippen LogP contribution in [0, 0.1) is 5.92 Å². The number of benzene rings is 1. The number of piperidine rings is 1. The van der Waals surface area contributed by atoms with E-state index in [0.717, 1.165) is 31.7 Å². The van der Waals surface area contributed by atoms with Crippen LogP contribution in [-0.2, 0) is 9.53 Å². The van der Waals surface area contributed by atoms with Crippen molar-refractivity contribution < 1.29 is 14.3 Å². The Morgan fingerprint density at radius 2 is 2.07 bits per heavy atom. The summed E-state index contributed by atoms with van der Waals surface area (Å²) < 4.78 is 12.4. The van der Waals surface area contributed by atoms with Crippen LogP contribution >= 0.6 is 11.6 Å². The molecular weight excluding hydrogens is 408 g/mol. The molecule has 1 aromatic carbocycles. The van der Waals surface area contributed by atoms with Crippen molar-refractivity contribution in [2.24, 2.45) is 5.92 Å². The lowest BCUT2D eigenvalue weighted by atomic mass is 9.95. The molecule has 0 aliphatic carbocycles. The average Bonchev–Trinajstić information content (AvgIpc) is 3.24. The Labute approximate surface area is 178 Å². The monoisotopic (exact) mass is 430 g/mol. The molecule has 2 aromatic heterocycles. The van der Waals surface area contributed by atoms with E-state index in [1.165, 1.54) is 0 Å². The number of carbonyl (C=O) groups is 1. The number of para-hydroxylation sites is 1. The minimum absolute atomic E-state index is 0.0317. The van der Waals surface area contributed by atoms with Gasteiger partial charge in [-0.15, -0.1) is 15.3 Å². The number of nitrogens with one attached hydrogen (secondary N) is 1. The van der Waals surface area contributed by atoms with Crippen LogP contribution < -0.4 is 15.0 Å². The Balaban J connectivity index is 1.37. The second kappa shape index (κ2) is 9.27. The van der Waals surface area contributed by atoms with Gasteiger partial charge in [0, 0.05) is 26.1 Å². The highest BCUT2D eigenvalue weighted by Gasteiger charge is 2.26. The Hall–Kier alpha value is -2.91. The smallest absolute Gasteiger partial charge is 0.227 e. The molecule has 1 aliphatic rings. The predicted octanol–water partition coefficient (Wildman–Crippen LogP) is 2.66. The Kier molecular flexibility index (Phi) is 6.29. The predicted molar refractivity (Wildman–Crippen MR) is 113 cm³/mol. The fourth-order valence-electron chi connectivity index (χ4n) is 3.47. The molecule has 9 nitrogen and oxygen atoms in total. The highest BCUT2D eigenvalue weighted by atomic mass is 35.5. The Morgan fingerprint density at radius 1 is 1.23 bits per heavy atom. The Morgan fingerprint density at radius 3 is 2.87 bits per heavy atom. The van der Waals surface area contributed by atoms with E-state index in [1.54, 1.807) is 36.2 Å². The third-order valence-electron chi connectivity index (χ3n) is 5.10. The van der Waals surface area contributed by atoms with Crippen LogP contribution in [0.4, 0.5) is 11.5 Å². The molecule has 0 bridgehead atoms. The van der Waals surface area contributed by atoms with Gasteiger partial charge in [-0.1, -0.05) is 17.7 Å². The second-order valence-electron chi connectivity index (χ2n) is 7.03. The van der Waals surface area contributed by atoms with Gasteiger partial charge in [-0.25, -0.2) is 0 Å². The first-order valence-corrected chi connectivity index (χ1v) is 10.2. The molecule has 3 heterocycles. The molecule has 4 rings (SSSR count). The summed E-state index contributed by atoms with van der Waals surface area (Å²) in [5.74, 6) is 1.19. The lowest BCUT2D eigenvalue weighted by molar-refractivity contribution is -0.120. The van der Waals surface area contributed by atoms with E-state index in [1.807, 2.05) is 12.1 Å². The van der Waals surface area contributed by atoms with Crippen LogP contribution in [0.2, 0.25) is 5.02 Å². The van der Waals surface area contributed by atoms with E-state index in [0.29, 0.717) is 35.3 Å². The molecule has 158 valence electrons. The van der Waals surface area contributed by atoms with Crippen molar-refractivity contribution >= 4 is 34.7 Å². The molecule has 0 spiro atoms. The maximum absolute atomic E-state index is 12.9. The number of fused-ring (bicyclic) bond motifs is 1. The number of anilines is 2. The molecule has 0 radical (unpaired) electrons. The summed E-state index contributed by atoms with van der Waals surface area (Å²) in [6.45, 7) is 2.27. The first-order valence-electron chi connectivity index (χ1n) is 9.79. The van der Waals surface area contributed by atoms with E-state index < -0.39 is 0 Å². The van der Waals surface area contributed by atoms with Gasteiger partial charge in [0.25, 0.3) is 0 Å². The zero-order valence-corrected chi connectivity index (χ0v) is 17.4. The number of ether oxygens (including phenoxy) is 2. The number of rotatable bonds is 7. The summed E-state index contributed by atoms with van der Waals surface area (Å²) in [7, 11) is 1.60. The molecule has 1 N–H and O–H groups in total. The van der Waals surface area contributed by atoms with Crippen molar-refractivity contribution in [1.82, 2.24) is 19.8 Å². The molecule has 10 heteroatoms. The van der Waals surface area contributed by atoms with Crippen molar-refractivity contribution in [1.29, 1.82) is 0 Å². The fourth-order valence-corrected chi connectivity index (χ4v) is 3.70. The van der Waals surface area contributed by atoms with E-state index in [4.69, 9.17) is 21.1 Å². The summed E-state index contributed by atoms with van der Waals surface area (Å²) in [5, 5.41) is 15.8. The highest BCUT2D eigenvalue weighted by molar-refractivity contribution is 6.32. The first-order chi connectivity index (χ1) is 14.7.